The molecule has 0 radical (unpaired) electrons. The second-order valence-corrected chi connectivity index (χ2v) is 4.44. The molecule has 0 amide bonds. The van der Waals surface area contributed by atoms with Crippen molar-refractivity contribution in [2.24, 2.45) is 16.9 Å². The Hall–Kier alpha value is -0.0800. The molecule has 1 fully saturated rings. The van der Waals surface area contributed by atoms with Crippen molar-refractivity contribution in [1.29, 1.82) is 0 Å². The Morgan fingerprint density at radius 1 is 0.917 bits per heavy atom. The number of hydrogen-bond donors (Lipinski definition) is 2. The molecule has 0 unspecified atom stereocenters. The molecule has 4 N–H and O–H groups in total. The van der Waals surface area contributed by atoms with Crippen LogP contribution in [-0.2, 0) is 0 Å². The minimum atomic E-state index is -0.367. The molecule has 1 saturated carbocycles. The fourth-order valence-electron chi connectivity index (χ4n) is 2.20. The van der Waals surface area contributed by atoms with E-state index in [0.717, 1.165) is 12.8 Å². The van der Waals surface area contributed by atoms with Crippen molar-refractivity contribution in [3.8, 4) is 0 Å². The number of rotatable bonds is 2. The van der Waals surface area contributed by atoms with E-state index in [9.17, 15) is 0 Å². The fraction of sp³-hybridized carbons (Fsp3) is 1.00. The molecule has 0 heterocycles. The van der Waals surface area contributed by atoms with Crippen LogP contribution in [0.1, 0.15) is 52.4 Å². The molecule has 0 aromatic carbocycles. The smallest absolute Gasteiger partial charge is 0.0637 e. The van der Waals surface area contributed by atoms with E-state index in [1.54, 1.807) is 0 Å². The summed E-state index contributed by atoms with van der Waals surface area (Å²) in [6.07, 6.45) is 6.97. The van der Waals surface area contributed by atoms with Gasteiger partial charge < -0.3 is 11.5 Å². The molecule has 0 spiro atoms. The Balaban J connectivity index is 2.53. The Morgan fingerprint density at radius 3 is 1.67 bits per heavy atom. The summed E-state index contributed by atoms with van der Waals surface area (Å²) in [4.78, 5) is 0. The van der Waals surface area contributed by atoms with Crippen LogP contribution in [0.25, 0.3) is 0 Å². The SMILES string of the molecule is CCC1(CC)CCC(N)(N)CC1. The van der Waals surface area contributed by atoms with E-state index < -0.39 is 0 Å². The van der Waals surface area contributed by atoms with E-state index in [4.69, 9.17) is 11.5 Å². The Bertz CT molecular complexity index is 136. The Kier molecular flexibility index (Phi) is 2.79. The maximum atomic E-state index is 5.89. The normalized spacial score (nSPS) is 27.0. The van der Waals surface area contributed by atoms with Crippen LogP contribution in [0.2, 0.25) is 0 Å². The van der Waals surface area contributed by atoms with Gasteiger partial charge in [-0.25, -0.2) is 0 Å². The lowest BCUT2D eigenvalue weighted by Crippen LogP contribution is -2.53. The van der Waals surface area contributed by atoms with Crippen LogP contribution in [0, 0.1) is 5.41 Å². The van der Waals surface area contributed by atoms with Gasteiger partial charge >= 0.3 is 0 Å². The zero-order valence-electron chi connectivity index (χ0n) is 8.40. The third-order valence-corrected chi connectivity index (χ3v) is 3.74. The summed E-state index contributed by atoms with van der Waals surface area (Å²) in [6.45, 7) is 4.56. The van der Waals surface area contributed by atoms with Gasteiger partial charge in [-0.15, -0.1) is 0 Å². The monoisotopic (exact) mass is 170 g/mol. The standard InChI is InChI=1S/C10H22N2/c1-3-9(4-2)5-7-10(11,12)8-6-9/h3-8,11-12H2,1-2H3. The molecule has 1 rings (SSSR count). The van der Waals surface area contributed by atoms with Crippen molar-refractivity contribution in [3.63, 3.8) is 0 Å². The molecule has 0 aromatic rings. The zero-order valence-corrected chi connectivity index (χ0v) is 8.40. The van der Waals surface area contributed by atoms with E-state index in [1.807, 2.05) is 0 Å². The van der Waals surface area contributed by atoms with Gasteiger partial charge in [-0.05, 0) is 31.1 Å². The summed E-state index contributed by atoms with van der Waals surface area (Å²) >= 11 is 0. The minimum absolute atomic E-state index is 0.367. The highest BCUT2D eigenvalue weighted by Crippen LogP contribution is 2.43. The highest BCUT2D eigenvalue weighted by molar-refractivity contribution is 4.91. The average Bonchev–Trinajstić information content (AvgIpc) is 2.06. The van der Waals surface area contributed by atoms with Crippen molar-refractivity contribution in [2.45, 2.75) is 58.0 Å². The molecular weight excluding hydrogens is 148 g/mol. The van der Waals surface area contributed by atoms with Crippen LogP contribution < -0.4 is 11.5 Å². The van der Waals surface area contributed by atoms with Gasteiger partial charge in [0.25, 0.3) is 0 Å². The zero-order chi connectivity index (χ0) is 9.24. The molecule has 72 valence electrons. The first-order chi connectivity index (χ1) is 5.54. The van der Waals surface area contributed by atoms with E-state index in [1.165, 1.54) is 25.7 Å². The van der Waals surface area contributed by atoms with Gasteiger partial charge in [-0.2, -0.15) is 0 Å². The quantitative estimate of drug-likeness (QED) is 0.623. The molecule has 0 saturated heterocycles. The van der Waals surface area contributed by atoms with Crippen molar-refractivity contribution in [1.82, 2.24) is 0 Å². The van der Waals surface area contributed by atoms with E-state index in [-0.39, 0.29) is 5.66 Å². The van der Waals surface area contributed by atoms with E-state index >= 15 is 0 Å². The largest absolute Gasteiger partial charge is 0.313 e. The van der Waals surface area contributed by atoms with Gasteiger partial charge in [0.1, 0.15) is 0 Å². The minimum Gasteiger partial charge on any atom is -0.313 e. The highest BCUT2D eigenvalue weighted by Gasteiger charge is 2.36. The predicted molar refractivity (Wildman–Crippen MR) is 52.6 cm³/mol. The maximum Gasteiger partial charge on any atom is 0.0637 e. The molecule has 0 atom stereocenters. The van der Waals surface area contributed by atoms with Crippen LogP contribution in [0.4, 0.5) is 0 Å². The molecule has 2 nitrogen and oxygen atoms in total. The lowest BCUT2D eigenvalue weighted by molar-refractivity contribution is 0.121. The van der Waals surface area contributed by atoms with Gasteiger partial charge in [0.15, 0.2) is 0 Å². The summed E-state index contributed by atoms with van der Waals surface area (Å²) in [5.41, 5.74) is 12.0. The van der Waals surface area contributed by atoms with Crippen molar-refractivity contribution >= 4 is 0 Å². The third-order valence-electron chi connectivity index (χ3n) is 3.74. The van der Waals surface area contributed by atoms with Crippen molar-refractivity contribution < 1.29 is 0 Å². The molecule has 0 aliphatic heterocycles. The Labute approximate surface area is 75.7 Å². The molecular formula is C10H22N2. The summed E-state index contributed by atoms with van der Waals surface area (Å²) in [5.74, 6) is 0. The highest BCUT2D eigenvalue weighted by atomic mass is 15.0. The summed E-state index contributed by atoms with van der Waals surface area (Å²) in [6, 6.07) is 0. The predicted octanol–water partition coefficient (Wildman–Crippen LogP) is 1.98. The van der Waals surface area contributed by atoms with Gasteiger partial charge in [0.05, 0.1) is 5.66 Å². The van der Waals surface area contributed by atoms with Gasteiger partial charge in [-0.3, -0.25) is 0 Å². The second kappa shape index (κ2) is 3.35. The molecule has 0 aromatic heterocycles. The van der Waals surface area contributed by atoms with Crippen LogP contribution in [-0.4, -0.2) is 5.66 Å². The van der Waals surface area contributed by atoms with Crippen LogP contribution in [0.5, 0.6) is 0 Å². The maximum absolute atomic E-state index is 5.89. The summed E-state index contributed by atoms with van der Waals surface area (Å²) < 4.78 is 0. The first-order valence-electron chi connectivity index (χ1n) is 5.11. The molecule has 1 aliphatic carbocycles. The van der Waals surface area contributed by atoms with Crippen LogP contribution in [0.3, 0.4) is 0 Å². The van der Waals surface area contributed by atoms with E-state index in [0.29, 0.717) is 5.41 Å². The van der Waals surface area contributed by atoms with Crippen molar-refractivity contribution in [3.05, 3.63) is 0 Å². The van der Waals surface area contributed by atoms with Gasteiger partial charge in [0, 0.05) is 0 Å². The second-order valence-electron chi connectivity index (χ2n) is 4.44. The van der Waals surface area contributed by atoms with Crippen LogP contribution in [0.15, 0.2) is 0 Å². The van der Waals surface area contributed by atoms with E-state index in [2.05, 4.69) is 13.8 Å². The van der Waals surface area contributed by atoms with Crippen molar-refractivity contribution in [2.75, 3.05) is 0 Å². The first kappa shape index (κ1) is 10.0. The summed E-state index contributed by atoms with van der Waals surface area (Å²) in [5, 5.41) is 0. The fourth-order valence-corrected chi connectivity index (χ4v) is 2.20. The molecule has 0 bridgehead atoms. The lowest BCUT2D eigenvalue weighted by Gasteiger charge is -2.42. The molecule has 1 aliphatic rings. The average molecular weight is 170 g/mol. The van der Waals surface area contributed by atoms with Crippen LogP contribution >= 0.6 is 0 Å². The number of hydrogen-bond acceptors (Lipinski definition) is 2. The first-order valence-corrected chi connectivity index (χ1v) is 5.11. The molecule has 12 heavy (non-hydrogen) atoms. The van der Waals surface area contributed by atoms with Gasteiger partial charge in [0.2, 0.25) is 0 Å². The third kappa shape index (κ3) is 1.99. The molecule has 2 heteroatoms. The topological polar surface area (TPSA) is 52.0 Å². The summed E-state index contributed by atoms with van der Waals surface area (Å²) in [7, 11) is 0. The lowest BCUT2D eigenvalue weighted by atomic mass is 9.68. The Morgan fingerprint density at radius 2 is 1.33 bits per heavy atom. The number of nitrogens with two attached hydrogens (primary N) is 2. The van der Waals surface area contributed by atoms with Gasteiger partial charge in [-0.1, -0.05) is 26.7 Å².